The van der Waals surface area contributed by atoms with Gasteiger partial charge in [-0.1, -0.05) is 5.21 Å². The van der Waals surface area contributed by atoms with E-state index in [1.165, 1.54) is 24.9 Å². The normalized spacial score (nSPS) is 16.5. The van der Waals surface area contributed by atoms with Crippen LogP contribution in [0.1, 0.15) is 12.6 Å². The van der Waals surface area contributed by atoms with E-state index in [2.05, 4.69) is 10.3 Å². The first kappa shape index (κ1) is 9.05. The molecule has 0 amide bonds. The molecule has 2 N–H and O–H groups in total. The molecule has 1 unspecified atom stereocenters. The van der Waals surface area contributed by atoms with E-state index < -0.39 is 12.0 Å². The molecule has 12 heavy (non-hydrogen) atoms. The van der Waals surface area contributed by atoms with Gasteiger partial charge in [-0.2, -0.15) is 0 Å². The third-order valence-corrected chi connectivity index (χ3v) is 1.72. The zero-order valence-corrected chi connectivity index (χ0v) is 6.83. The lowest BCUT2D eigenvalue weighted by atomic mass is 10.0. The van der Waals surface area contributed by atoms with Gasteiger partial charge in [-0.05, 0) is 6.92 Å². The van der Waals surface area contributed by atoms with Crippen molar-refractivity contribution in [2.75, 3.05) is 0 Å². The maximum Gasteiger partial charge on any atom is 0.261 e. The van der Waals surface area contributed by atoms with Gasteiger partial charge in [0.25, 0.3) is 6.43 Å². The van der Waals surface area contributed by atoms with E-state index in [0.29, 0.717) is 0 Å². The molecule has 1 rings (SSSR count). The van der Waals surface area contributed by atoms with Crippen LogP contribution in [0.15, 0.2) is 6.20 Å². The van der Waals surface area contributed by atoms with Crippen molar-refractivity contribution in [2.24, 2.45) is 12.8 Å². The average Bonchev–Trinajstić information content (AvgIpc) is 2.35. The minimum absolute atomic E-state index is 0.220. The third-order valence-electron chi connectivity index (χ3n) is 1.72. The van der Waals surface area contributed by atoms with Crippen LogP contribution in [0.2, 0.25) is 0 Å². The summed E-state index contributed by atoms with van der Waals surface area (Å²) in [4.78, 5) is 0. The number of nitrogens with two attached hydrogens (primary N) is 1. The largest absolute Gasteiger partial charge is 0.316 e. The van der Waals surface area contributed by atoms with Crippen LogP contribution < -0.4 is 5.73 Å². The van der Waals surface area contributed by atoms with Crippen LogP contribution in [-0.2, 0) is 12.6 Å². The first-order valence-corrected chi connectivity index (χ1v) is 3.38. The van der Waals surface area contributed by atoms with Gasteiger partial charge in [-0.15, -0.1) is 5.10 Å². The molecule has 4 nitrogen and oxygen atoms in total. The number of hydrogen-bond donors (Lipinski definition) is 1. The number of hydrogen-bond acceptors (Lipinski definition) is 3. The van der Waals surface area contributed by atoms with Crippen LogP contribution in [0, 0.1) is 0 Å². The average molecular weight is 176 g/mol. The van der Waals surface area contributed by atoms with Gasteiger partial charge in [0.15, 0.2) is 0 Å². The summed E-state index contributed by atoms with van der Waals surface area (Å²) in [6.07, 6.45) is -1.39. The molecule has 0 bridgehead atoms. The molecule has 0 aromatic carbocycles. The minimum Gasteiger partial charge on any atom is -0.316 e. The molecule has 0 saturated carbocycles. The van der Waals surface area contributed by atoms with Crippen LogP contribution in [0.25, 0.3) is 0 Å². The quantitative estimate of drug-likeness (QED) is 0.702. The van der Waals surface area contributed by atoms with E-state index in [-0.39, 0.29) is 5.69 Å². The molecule has 0 aliphatic rings. The van der Waals surface area contributed by atoms with Crippen molar-refractivity contribution in [3.63, 3.8) is 0 Å². The van der Waals surface area contributed by atoms with Gasteiger partial charge < -0.3 is 5.73 Å². The molecule has 0 radical (unpaired) electrons. The molecule has 1 heterocycles. The molecule has 0 fully saturated rings. The van der Waals surface area contributed by atoms with E-state index in [9.17, 15) is 8.78 Å². The highest BCUT2D eigenvalue weighted by Gasteiger charge is 2.35. The van der Waals surface area contributed by atoms with Crippen LogP contribution >= 0.6 is 0 Å². The maximum absolute atomic E-state index is 12.4. The lowest BCUT2D eigenvalue weighted by Crippen LogP contribution is -2.42. The Morgan fingerprint density at radius 2 is 2.25 bits per heavy atom. The topological polar surface area (TPSA) is 56.7 Å². The van der Waals surface area contributed by atoms with Crippen molar-refractivity contribution >= 4 is 0 Å². The SMILES string of the molecule is Cn1nncc1C(C)(N)C(F)F. The first-order valence-electron chi connectivity index (χ1n) is 3.38. The van der Waals surface area contributed by atoms with Crippen molar-refractivity contribution in [1.29, 1.82) is 0 Å². The second kappa shape index (κ2) is 2.78. The van der Waals surface area contributed by atoms with Gasteiger partial charge in [0, 0.05) is 7.05 Å². The fourth-order valence-corrected chi connectivity index (χ4v) is 0.889. The second-order valence-electron chi connectivity index (χ2n) is 2.83. The van der Waals surface area contributed by atoms with Gasteiger partial charge >= 0.3 is 0 Å². The summed E-state index contributed by atoms with van der Waals surface area (Å²) in [7, 11) is 1.52. The standard InChI is InChI=1S/C6H10F2N4/c1-6(9,5(7)8)4-3-10-11-12(4)2/h3,5H,9H2,1-2H3. The Hall–Kier alpha value is -1.04. The number of aromatic nitrogens is 3. The van der Waals surface area contributed by atoms with Crippen LogP contribution in [-0.4, -0.2) is 21.4 Å². The second-order valence-corrected chi connectivity index (χ2v) is 2.83. The van der Waals surface area contributed by atoms with Crippen LogP contribution in [0.3, 0.4) is 0 Å². The molecular formula is C6H10F2N4. The molecule has 6 heteroatoms. The Bertz CT molecular complexity index is 268. The summed E-state index contributed by atoms with van der Waals surface area (Å²) in [6, 6.07) is 0. The lowest BCUT2D eigenvalue weighted by Gasteiger charge is -2.22. The Morgan fingerprint density at radius 3 is 2.58 bits per heavy atom. The van der Waals surface area contributed by atoms with E-state index in [1.54, 1.807) is 0 Å². The van der Waals surface area contributed by atoms with E-state index in [0.717, 1.165) is 0 Å². The zero-order valence-electron chi connectivity index (χ0n) is 6.83. The van der Waals surface area contributed by atoms with Gasteiger partial charge in [-0.25, -0.2) is 8.78 Å². The van der Waals surface area contributed by atoms with Crippen molar-refractivity contribution in [1.82, 2.24) is 15.0 Å². The fourth-order valence-electron chi connectivity index (χ4n) is 0.889. The number of aryl methyl sites for hydroxylation is 1. The Kier molecular flexibility index (Phi) is 2.10. The predicted molar refractivity (Wildman–Crippen MR) is 38.5 cm³/mol. The highest BCUT2D eigenvalue weighted by Crippen LogP contribution is 2.23. The van der Waals surface area contributed by atoms with Crippen molar-refractivity contribution < 1.29 is 8.78 Å². The summed E-state index contributed by atoms with van der Waals surface area (Å²) in [5, 5.41) is 6.99. The smallest absolute Gasteiger partial charge is 0.261 e. The molecule has 1 atom stereocenters. The molecule has 0 aliphatic heterocycles. The highest BCUT2D eigenvalue weighted by molar-refractivity contribution is 5.09. The molecule has 0 aliphatic carbocycles. The molecule has 1 aromatic rings. The molecular weight excluding hydrogens is 166 g/mol. The molecule has 68 valence electrons. The Balaban J connectivity index is 3.05. The number of nitrogens with zero attached hydrogens (tertiary/aromatic N) is 3. The van der Waals surface area contributed by atoms with Gasteiger partial charge in [-0.3, -0.25) is 4.68 Å². The Morgan fingerprint density at radius 1 is 1.67 bits per heavy atom. The van der Waals surface area contributed by atoms with Crippen molar-refractivity contribution in [3.8, 4) is 0 Å². The number of rotatable bonds is 2. The summed E-state index contributed by atoms with van der Waals surface area (Å²) in [6.45, 7) is 1.25. The summed E-state index contributed by atoms with van der Waals surface area (Å²) in [5.74, 6) is 0. The van der Waals surface area contributed by atoms with E-state index in [1.807, 2.05) is 0 Å². The third kappa shape index (κ3) is 1.29. The number of alkyl halides is 2. The Labute approximate surface area is 68.4 Å². The maximum atomic E-state index is 12.4. The first-order chi connectivity index (χ1) is 5.46. The zero-order chi connectivity index (χ0) is 9.35. The van der Waals surface area contributed by atoms with E-state index in [4.69, 9.17) is 5.73 Å². The monoisotopic (exact) mass is 176 g/mol. The predicted octanol–water partition coefficient (Wildman–Crippen LogP) is 0.254. The summed E-state index contributed by atoms with van der Waals surface area (Å²) in [5.41, 5.74) is 3.91. The van der Waals surface area contributed by atoms with Crippen LogP contribution in [0.4, 0.5) is 8.78 Å². The van der Waals surface area contributed by atoms with Gasteiger partial charge in [0.05, 0.1) is 11.9 Å². The summed E-state index contributed by atoms with van der Waals surface area (Å²) >= 11 is 0. The van der Waals surface area contributed by atoms with Crippen molar-refractivity contribution in [3.05, 3.63) is 11.9 Å². The molecule has 0 spiro atoms. The molecule has 1 aromatic heterocycles. The van der Waals surface area contributed by atoms with Gasteiger partial charge in [0.1, 0.15) is 5.54 Å². The summed E-state index contributed by atoms with van der Waals surface area (Å²) < 4.78 is 26.0. The number of halogens is 2. The van der Waals surface area contributed by atoms with Gasteiger partial charge in [0.2, 0.25) is 0 Å². The van der Waals surface area contributed by atoms with Crippen LogP contribution in [0.5, 0.6) is 0 Å². The highest BCUT2D eigenvalue weighted by atomic mass is 19.3. The van der Waals surface area contributed by atoms with Crippen molar-refractivity contribution in [2.45, 2.75) is 18.9 Å². The minimum atomic E-state index is -2.63. The lowest BCUT2D eigenvalue weighted by molar-refractivity contribution is 0.0580. The van der Waals surface area contributed by atoms with E-state index >= 15 is 0 Å². The fraction of sp³-hybridized carbons (Fsp3) is 0.667. The molecule has 0 saturated heterocycles.